The molecule has 2 aromatic rings. The summed E-state index contributed by atoms with van der Waals surface area (Å²) in [5.41, 5.74) is 3.28. The Balaban J connectivity index is 2.13. The lowest BCUT2D eigenvalue weighted by Gasteiger charge is -2.29. The van der Waals surface area contributed by atoms with Crippen molar-refractivity contribution in [3.05, 3.63) is 63.6 Å². The number of unbranched alkanes of at least 4 members (excludes halogenated alkanes) is 1. The molecule has 2 rings (SSSR count). The van der Waals surface area contributed by atoms with Gasteiger partial charge in [-0.05, 0) is 65.9 Å². The number of hydrogen-bond acceptors (Lipinski definition) is 3. The Morgan fingerprint density at radius 1 is 1.13 bits per heavy atom. The standard InChI is InChI=1S/C25H33BrN2O3/c1-5-7-13-27-25(30)19(4)28(16-21-10-8-9-18(3)14-21)24(29)17-31-23-12-11-20(6-2)15-22(23)26/h8-12,14-15,19H,5-7,13,16-17H2,1-4H3,(H,27,30). The maximum absolute atomic E-state index is 13.1. The van der Waals surface area contributed by atoms with Crippen molar-refractivity contribution in [1.82, 2.24) is 10.2 Å². The first-order valence-corrected chi connectivity index (χ1v) is 11.7. The molecule has 0 bridgehead atoms. The van der Waals surface area contributed by atoms with Gasteiger partial charge >= 0.3 is 0 Å². The first-order valence-electron chi connectivity index (χ1n) is 10.9. The lowest BCUT2D eigenvalue weighted by Crippen LogP contribution is -2.49. The first kappa shape index (κ1) is 24.9. The number of halogens is 1. The number of hydrogen-bond donors (Lipinski definition) is 1. The number of rotatable bonds is 11. The Morgan fingerprint density at radius 3 is 2.55 bits per heavy atom. The van der Waals surface area contributed by atoms with Crippen molar-refractivity contribution in [3.8, 4) is 5.75 Å². The van der Waals surface area contributed by atoms with Crippen LogP contribution in [0.25, 0.3) is 0 Å². The van der Waals surface area contributed by atoms with Gasteiger partial charge in [0.15, 0.2) is 6.61 Å². The van der Waals surface area contributed by atoms with Crippen LogP contribution >= 0.6 is 15.9 Å². The molecule has 0 aromatic heterocycles. The Bertz CT molecular complexity index is 885. The third kappa shape index (κ3) is 7.69. The predicted octanol–water partition coefficient (Wildman–Crippen LogP) is 5.03. The van der Waals surface area contributed by atoms with Crippen LogP contribution in [0.15, 0.2) is 46.9 Å². The van der Waals surface area contributed by atoms with Crippen LogP contribution in [-0.4, -0.2) is 35.9 Å². The van der Waals surface area contributed by atoms with Gasteiger partial charge in [0.05, 0.1) is 4.47 Å². The molecule has 0 heterocycles. The largest absolute Gasteiger partial charge is 0.483 e. The molecule has 0 aliphatic heterocycles. The van der Waals surface area contributed by atoms with Crippen LogP contribution in [0.1, 0.15) is 50.3 Å². The van der Waals surface area contributed by atoms with Gasteiger partial charge in [-0.15, -0.1) is 0 Å². The Labute approximate surface area is 194 Å². The number of aryl methyl sites for hydroxylation is 2. The van der Waals surface area contributed by atoms with E-state index in [1.54, 1.807) is 11.8 Å². The molecule has 0 fully saturated rings. The lowest BCUT2D eigenvalue weighted by molar-refractivity contribution is -0.142. The summed E-state index contributed by atoms with van der Waals surface area (Å²) in [5.74, 6) is 0.232. The highest BCUT2D eigenvalue weighted by molar-refractivity contribution is 9.10. The van der Waals surface area contributed by atoms with Crippen molar-refractivity contribution in [2.75, 3.05) is 13.2 Å². The Kier molecular flexibility index (Phi) is 10.0. The van der Waals surface area contributed by atoms with Crippen LogP contribution in [0.3, 0.4) is 0 Å². The van der Waals surface area contributed by atoms with Gasteiger partial charge in [0.25, 0.3) is 5.91 Å². The van der Waals surface area contributed by atoms with Crippen molar-refractivity contribution in [2.45, 2.75) is 59.5 Å². The summed E-state index contributed by atoms with van der Waals surface area (Å²) in [7, 11) is 0. The Morgan fingerprint density at radius 2 is 1.90 bits per heavy atom. The van der Waals surface area contributed by atoms with Crippen LogP contribution in [0.5, 0.6) is 5.75 Å². The smallest absolute Gasteiger partial charge is 0.261 e. The van der Waals surface area contributed by atoms with Crippen molar-refractivity contribution < 1.29 is 14.3 Å². The minimum Gasteiger partial charge on any atom is -0.483 e. The molecule has 0 spiro atoms. The van der Waals surface area contributed by atoms with Crippen LogP contribution in [0.2, 0.25) is 0 Å². The van der Waals surface area contributed by atoms with E-state index in [0.717, 1.165) is 34.9 Å². The van der Waals surface area contributed by atoms with E-state index in [2.05, 4.69) is 35.1 Å². The van der Waals surface area contributed by atoms with E-state index in [1.165, 1.54) is 5.56 Å². The maximum atomic E-state index is 13.1. The molecule has 5 nitrogen and oxygen atoms in total. The fourth-order valence-electron chi connectivity index (χ4n) is 3.23. The number of ether oxygens (including phenoxy) is 1. The average Bonchev–Trinajstić information content (AvgIpc) is 2.76. The summed E-state index contributed by atoms with van der Waals surface area (Å²) >= 11 is 3.51. The molecule has 2 amide bonds. The summed E-state index contributed by atoms with van der Waals surface area (Å²) < 4.78 is 6.61. The van der Waals surface area contributed by atoms with Crippen molar-refractivity contribution >= 4 is 27.7 Å². The topological polar surface area (TPSA) is 58.6 Å². The van der Waals surface area contributed by atoms with E-state index in [4.69, 9.17) is 4.74 Å². The molecule has 0 aliphatic carbocycles. The molecular formula is C25H33BrN2O3. The number of amides is 2. The highest BCUT2D eigenvalue weighted by atomic mass is 79.9. The van der Waals surface area contributed by atoms with E-state index in [1.807, 2.05) is 49.4 Å². The van der Waals surface area contributed by atoms with Crippen molar-refractivity contribution in [3.63, 3.8) is 0 Å². The molecule has 6 heteroatoms. The van der Waals surface area contributed by atoms with E-state index in [9.17, 15) is 9.59 Å². The number of nitrogens with zero attached hydrogens (tertiary/aromatic N) is 1. The van der Waals surface area contributed by atoms with E-state index < -0.39 is 6.04 Å². The highest BCUT2D eigenvalue weighted by Crippen LogP contribution is 2.26. The van der Waals surface area contributed by atoms with Gasteiger partial charge in [0.1, 0.15) is 11.8 Å². The van der Waals surface area contributed by atoms with Gasteiger partial charge in [-0.3, -0.25) is 9.59 Å². The summed E-state index contributed by atoms with van der Waals surface area (Å²) in [4.78, 5) is 27.4. The molecule has 0 saturated carbocycles. The zero-order valence-corrected chi connectivity index (χ0v) is 20.5. The quantitative estimate of drug-likeness (QED) is 0.451. The second-order valence-corrected chi connectivity index (χ2v) is 8.59. The second-order valence-electron chi connectivity index (χ2n) is 7.74. The minimum absolute atomic E-state index is 0.136. The maximum Gasteiger partial charge on any atom is 0.261 e. The van der Waals surface area contributed by atoms with Gasteiger partial charge in [-0.2, -0.15) is 0 Å². The SMILES string of the molecule is CCCCNC(=O)C(C)N(Cc1cccc(C)c1)C(=O)COc1ccc(CC)cc1Br. The van der Waals surface area contributed by atoms with Crippen molar-refractivity contribution in [1.29, 1.82) is 0 Å². The van der Waals surface area contributed by atoms with E-state index in [0.29, 0.717) is 18.8 Å². The molecule has 1 unspecified atom stereocenters. The zero-order valence-electron chi connectivity index (χ0n) is 18.9. The molecule has 0 aliphatic rings. The zero-order chi connectivity index (χ0) is 22.8. The van der Waals surface area contributed by atoms with Gasteiger partial charge in [-0.1, -0.05) is 56.2 Å². The molecule has 168 valence electrons. The molecule has 0 saturated heterocycles. The highest BCUT2D eigenvalue weighted by Gasteiger charge is 2.26. The molecule has 1 N–H and O–H groups in total. The lowest BCUT2D eigenvalue weighted by atomic mass is 10.1. The minimum atomic E-state index is -0.598. The van der Waals surface area contributed by atoms with Gasteiger partial charge in [0, 0.05) is 13.1 Å². The molecule has 31 heavy (non-hydrogen) atoms. The predicted molar refractivity (Wildman–Crippen MR) is 128 cm³/mol. The van der Waals surface area contributed by atoms with Crippen LogP contribution in [-0.2, 0) is 22.6 Å². The molecule has 1 atom stereocenters. The number of nitrogens with one attached hydrogen (secondary N) is 1. The fourth-order valence-corrected chi connectivity index (χ4v) is 3.77. The second kappa shape index (κ2) is 12.5. The number of carbonyl (C=O) groups is 2. The number of carbonyl (C=O) groups excluding carboxylic acids is 2. The van der Waals surface area contributed by atoms with Gasteiger partial charge < -0.3 is 15.0 Å². The summed E-state index contributed by atoms with van der Waals surface area (Å²) in [5, 5.41) is 2.93. The van der Waals surface area contributed by atoms with Gasteiger partial charge in [-0.25, -0.2) is 0 Å². The molecular weight excluding hydrogens is 456 g/mol. The molecule has 2 aromatic carbocycles. The van der Waals surface area contributed by atoms with Gasteiger partial charge in [0.2, 0.25) is 5.91 Å². The summed E-state index contributed by atoms with van der Waals surface area (Å²) in [6.07, 6.45) is 2.84. The molecule has 0 radical (unpaired) electrons. The average molecular weight is 489 g/mol. The third-order valence-electron chi connectivity index (χ3n) is 5.19. The monoisotopic (exact) mass is 488 g/mol. The van der Waals surface area contributed by atoms with Crippen LogP contribution in [0, 0.1) is 6.92 Å². The normalized spacial score (nSPS) is 11.6. The third-order valence-corrected chi connectivity index (χ3v) is 5.81. The number of benzene rings is 2. The summed E-state index contributed by atoms with van der Waals surface area (Å²) in [6, 6.07) is 13.2. The first-order chi connectivity index (χ1) is 14.8. The van der Waals surface area contributed by atoms with Crippen LogP contribution in [0.4, 0.5) is 0 Å². The summed E-state index contributed by atoms with van der Waals surface area (Å²) in [6.45, 7) is 8.76. The van der Waals surface area contributed by atoms with Crippen molar-refractivity contribution in [2.24, 2.45) is 0 Å². The Hall–Kier alpha value is -2.34. The van der Waals surface area contributed by atoms with E-state index >= 15 is 0 Å². The fraction of sp³-hybridized carbons (Fsp3) is 0.440. The van der Waals surface area contributed by atoms with E-state index in [-0.39, 0.29) is 18.4 Å². The van der Waals surface area contributed by atoms with Crippen LogP contribution < -0.4 is 10.1 Å².